The van der Waals surface area contributed by atoms with Gasteiger partial charge in [-0.1, -0.05) is 42.5 Å². The zero-order valence-corrected chi connectivity index (χ0v) is 20.5. The molecule has 8 heteroatoms. The second kappa shape index (κ2) is 9.75. The Bertz CT molecular complexity index is 1480. The van der Waals surface area contributed by atoms with Crippen LogP contribution >= 0.6 is 22.6 Å². The normalized spacial score (nSPS) is 15.1. The van der Waals surface area contributed by atoms with Gasteiger partial charge in [0, 0.05) is 0 Å². The van der Waals surface area contributed by atoms with Gasteiger partial charge in [0.2, 0.25) is 0 Å². The molecular weight excluding hydrogens is 559 g/mol. The van der Waals surface area contributed by atoms with Crippen molar-refractivity contribution in [2.45, 2.75) is 13.2 Å². The van der Waals surface area contributed by atoms with Gasteiger partial charge in [-0.25, -0.2) is 4.79 Å². The number of amides is 4. The number of urea groups is 1. The van der Waals surface area contributed by atoms with E-state index in [4.69, 9.17) is 9.15 Å². The van der Waals surface area contributed by atoms with Crippen LogP contribution in [0.5, 0.6) is 5.75 Å². The Morgan fingerprint density at radius 3 is 2.54 bits per heavy atom. The third kappa shape index (κ3) is 4.97. The van der Waals surface area contributed by atoms with Crippen LogP contribution in [0, 0.1) is 3.57 Å². The summed E-state index contributed by atoms with van der Waals surface area (Å²) >= 11 is 2.15. The van der Waals surface area contributed by atoms with E-state index in [0.29, 0.717) is 23.7 Å². The first-order valence-corrected chi connectivity index (χ1v) is 11.9. The number of barbiturate groups is 1. The van der Waals surface area contributed by atoms with Gasteiger partial charge in [-0.3, -0.25) is 19.8 Å². The second-order valence-electron chi connectivity index (χ2n) is 7.95. The Balaban J connectivity index is 1.32. The van der Waals surface area contributed by atoms with Crippen molar-refractivity contribution >= 4 is 57.3 Å². The summed E-state index contributed by atoms with van der Waals surface area (Å²) in [6.45, 7) is 0.341. The lowest BCUT2D eigenvalue weighted by Crippen LogP contribution is -2.53. The van der Waals surface area contributed by atoms with Crippen molar-refractivity contribution in [3.8, 4) is 5.75 Å². The van der Waals surface area contributed by atoms with E-state index in [1.165, 1.54) is 17.7 Å². The maximum absolute atomic E-state index is 12.9. The van der Waals surface area contributed by atoms with Crippen molar-refractivity contribution in [1.82, 2.24) is 10.2 Å². The Morgan fingerprint density at radius 1 is 0.943 bits per heavy atom. The van der Waals surface area contributed by atoms with Gasteiger partial charge in [-0.2, -0.15) is 0 Å². The smallest absolute Gasteiger partial charge is 0.331 e. The lowest BCUT2D eigenvalue weighted by Gasteiger charge is -2.25. The highest BCUT2D eigenvalue weighted by atomic mass is 127. The molecule has 174 valence electrons. The summed E-state index contributed by atoms with van der Waals surface area (Å²) in [5.74, 6) is -0.288. The maximum atomic E-state index is 12.9. The number of hydrogen-bond acceptors (Lipinski definition) is 5. The van der Waals surface area contributed by atoms with E-state index in [1.807, 2.05) is 24.3 Å². The van der Waals surface area contributed by atoms with Gasteiger partial charge < -0.3 is 9.15 Å². The number of carbonyl (C=O) groups is 3. The lowest BCUT2D eigenvalue weighted by molar-refractivity contribution is -0.130. The van der Waals surface area contributed by atoms with Crippen LogP contribution in [0.3, 0.4) is 0 Å². The number of rotatable bonds is 6. The van der Waals surface area contributed by atoms with Gasteiger partial charge >= 0.3 is 6.03 Å². The Kier molecular flexibility index (Phi) is 6.37. The highest BCUT2D eigenvalue weighted by molar-refractivity contribution is 14.1. The number of hydrogen-bond donors (Lipinski definition) is 1. The quantitative estimate of drug-likeness (QED) is 0.191. The van der Waals surface area contributed by atoms with Crippen molar-refractivity contribution in [3.05, 3.63) is 105 Å². The van der Waals surface area contributed by atoms with Crippen LogP contribution in [-0.4, -0.2) is 22.7 Å². The molecule has 35 heavy (non-hydrogen) atoms. The van der Waals surface area contributed by atoms with Crippen LogP contribution in [0.2, 0.25) is 0 Å². The number of fused-ring (bicyclic) bond motifs is 1. The van der Waals surface area contributed by atoms with E-state index in [9.17, 15) is 14.4 Å². The molecule has 1 aliphatic heterocycles. The fourth-order valence-corrected chi connectivity index (χ4v) is 4.47. The van der Waals surface area contributed by atoms with E-state index in [2.05, 4.69) is 52.2 Å². The monoisotopic (exact) mass is 578 g/mol. The zero-order chi connectivity index (χ0) is 24.4. The number of furan rings is 1. The molecule has 1 saturated heterocycles. The molecule has 1 aromatic heterocycles. The SMILES string of the molecule is O=C1NC(=O)N(Cc2ccco2)C(=O)/C1=C/c1ccc(OCc2ccc3ccccc3c2)c(I)c1. The molecule has 0 spiro atoms. The number of carbonyl (C=O) groups excluding carboxylic acids is 3. The minimum atomic E-state index is -0.777. The first-order valence-electron chi connectivity index (χ1n) is 10.8. The number of imide groups is 2. The number of nitrogens with zero attached hydrogens (tertiary/aromatic N) is 1. The molecule has 4 amide bonds. The second-order valence-corrected chi connectivity index (χ2v) is 9.11. The molecule has 1 aliphatic rings. The van der Waals surface area contributed by atoms with Gasteiger partial charge in [0.05, 0.1) is 16.4 Å². The van der Waals surface area contributed by atoms with Crippen LogP contribution in [0.15, 0.2) is 89.0 Å². The number of nitrogens with one attached hydrogen (secondary N) is 1. The zero-order valence-electron chi connectivity index (χ0n) is 18.4. The Labute approximate surface area is 214 Å². The highest BCUT2D eigenvalue weighted by Gasteiger charge is 2.36. The molecule has 0 unspecified atom stereocenters. The summed E-state index contributed by atoms with van der Waals surface area (Å²) in [5.41, 5.74) is 1.56. The van der Waals surface area contributed by atoms with Gasteiger partial charge in [0.25, 0.3) is 11.8 Å². The minimum Gasteiger partial charge on any atom is -0.488 e. The summed E-state index contributed by atoms with van der Waals surface area (Å²) < 4.78 is 12.1. The van der Waals surface area contributed by atoms with Gasteiger partial charge in [0.1, 0.15) is 23.7 Å². The van der Waals surface area contributed by atoms with E-state index in [1.54, 1.807) is 24.3 Å². The standard InChI is InChI=1S/C27H19IN2O5/c28-23-14-17(8-10-24(23)35-16-18-7-9-19-4-1-2-5-20(19)12-18)13-22-25(31)29-27(33)30(26(22)32)15-21-6-3-11-34-21/h1-14H,15-16H2,(H,29,31,33)/b22-13+. The van der Waals surface area contributed by atoms with Crippen LogP contribution in [0.4, 0.5) is 4.79 Å². The van der Waals surface area contributed by atoms with Crippen molar-refractivity contribution in [2.24, 2.45) is 0 Å². The van der Waals surface area contributed by atoms with E-state index in [0.717, 1.165) is 19.4 Å². The Hall–Kier alpha value is -3.92. The topological polar surface area (TPSA) is 88.9 Å². The summed E-state index contributed by atoms with van der Waals surface area (Å²) in [6, 6.07) is 22.3. The third-order valence-electron chi connectivity index (χ3n) is 5.56. The number of halogens is 1. The van der Waals surface area contributed by atoms with Gasteiger partial charge in [0.15, 0.2) is 0 Å². The van der Waals surface area contributed by atoms with Gasteiger partial charge in [-0.05, 0) is 80.9 Å². The van der Waals surface area contributed by atoms with Gasteiger partial charge in [-0.15, -0.1) is 0 Å². The van der Waals surface area contributed by atoms with Crippen molar-refractivity contribution in [3.63, 3.8) is 0 Å². The summed E-state index contributed by atoms with van der Waals surface area (Å²) in [5, 5.41) is 4.54. The molecule has 5 rings (SSSR count). The van der Waals surface area contributed by atoms with Crippen LogP contribution in [0.25, 0.3) is 16.8 Å². The molecular formula is C27H19IN2O5. The van der Waals surface area contributed by atoms with E-state index in [-0.39, 0.29) is 12.1 Å². The third-order valence-corrected chi connectivity index (χ3v) is 6.40. The van der Waals surface area contributed by atoms with Crippen molar-refractivity contribution in [1.29, 1.82) is 0 Å². The Morgan fingerprint density at radius 2 is 1.77 bits per heavy atom. The molecule has 0 bridgehead atoms. The number of benzene rings is 3. The first-order chi connectivity index (χ1) is 17.0. The van der Waals surface area contributed by atoms with E-state index >= 15 is 0 Å². The maximum Gasteiger partial charge on any atom is 0.331 e. The molecule has 1 N–H and O–H groups in total. The van der Waals surface area contributed by atoms with Crippen LogP contribution in [-0.2, 0) is 22.7 Å². The minimum absolute atomic E-state index is 0.0681. The average molecular weight is 578 g/mol. The van der Waals surface area contributed by atoms with E-state index < -0.39 is 17.8 Å². The molecule has 0 atom stereocenters. The summed E-state index contributed by atoms with van der Waals surface area (Å²) in [4.78, 5) is 38.4. The molecule has 4 aromatic rings. The molecule has 3 aromatic carbocycles. The van der Waals surface area contributed by atoms with Crippen molar-refractivity contribution < 1.29 is 23.5 Å². The average Bonchev–Trinajstić information content (AvgIpc) is 3.37. The molecule has 2 heterocycles. The van der Waals surface area contributed by atoms with Crippen LogP contribution in [0.1, 0.15) is 16.9 Å². The number of ether oxygens (including phenoxy) is 1. The predicted molar refractivity (Wildman–Crippen MR) is 138 cm³/mol. The first kappa shape index (κ1) is 22.9. The lowest BCUT2D eigenvalue weighted by atomic mass is 10.1. The highest BCUT2D eigenvalue weighted by Crippen LogP contribution is 2.26. The van der Waals surface area contributed by atoms with Crippen molar-refractivity contribution in [2.75, 3.05) is 0 Å². The summed E-state index contributed by atoms with van der Waals surface area (Å²) in [6.07, 6.45) is 2.92. The molecule has 0 radical (unpaired) electrons. The fraction of sp³-hybridized carbons (Fsp3) is 0.0741. The molecule has 0 saturated carbocycles. The summed E-state index contributed by atoms with van der Waals surface area (Å²) in [7, 11) is 0. The van der Waals surface area contributed by atoms with Crippen LogP contribution < -0.4 is 10.1 Å². The molecule has 1 fully saturated rings. The fourth-order valence-electron chi connectivity index (χ4n) is 3.78. The molecule has 7 nitrogen and oxygen atoms in total. The molecule has 0 aliphatic carbocycles. The predicted octanol–water partition coefficient (Wildman–Crippen LogP) is 5.28. The largest absolute Gasteiger partial charge is 0.488 e.